The van der Waals surface area contributed by atoms with Crippen LogP contribution in [0.4, 0.5) is 10.5 Å². The summed E-state index contributed by atoms with van der Waals surface area (Å²) in [6.07, 6.45) is 6.08. The molecule has 100 valence electrons. The van der Waals surface area contributed by atoms with Crippen LogP contribution in [0.1, 0.15) is 32.4 Å². The van der Waals surface area contributed by atoms with E-state index in [4.69, 9.17) is 0 Å². The van der Waals surface area contributed by atoms with Gasteiger partial charge in [0.25, 0.3) is 0 Å². The lowest BCUT2D eigenvalue weighted by atomic mass is 10.1. The molecule has 1 atom stereocenters. The van der Waals surface area contributed by atoms with E-state index in [1.165, 1.54) is 0 Å². The SMILES string of the molecule is C=CC[C@H](CC)NC(=O)Nc1cn(C)nc1CC. The largest absolute Gasteiger partial charge is 0.335 e. The van der Waals surface area contributed by atoms with E-state index < -0.39 is 0 Å². The number of amides is 2. The van der Waals surface area contributed by atoms with Crippen LogP contribution in [-0.4, -0.2) is 21.9 Å². The standard InChI is InChI=1S/C13H22N4O/c1-5-8-10(6-2)14-13(18)15-12-9-17(4)16-11(12)7-3/h5,9-10H,1,6-8H2,2-4H3,(H2,14,15,18)/t10-/m0/s1. The number of rotatable bonds is 6. The fourth-order valence-electron chi connectivity index (χ4n) is 1.77. The predicted octanol–water partition coefficient (Wildman–Crippen LogP) is 2.46. The molecule has 1 rings (SSSR count). The summed E-state index contributed by atoms with van der Waals surface area (Å²) >= 11 is 0. The number of urea groups is 1. The first-order valence-electron chi connectivity index (χ1n) is 6.31. The molecule has 0 aliphatic carbocycles. The molecule has 0 bridgehead atoms. The maximum absolute atomic E-state index is 11.8. The first-order chi connectivity index (χ1) is 8.60. The van der Waals surface area contributed by atoms with Crippen LogP contribution in [0.2, 0.25) is 0 Å². The number of carbonyl (C=O) groups excluding carboxylic acids is 1. The van der Waals surface area contributed by atoms with E-state index in [2.05, 4.69) is 22.3 Å². The molecule has 2 N–H and O–H groups in total. The van der Waals surface area contributed by atoms with Gasteiger partial charge in [-0.05, 0) is 19.3 Å². The third-order valence-electron chi connectivity index (χ3n) is 2.77. The van der Waals surface area contributed by atoms with Crippen molar-refractivity contribution in [3.63, 3.8) is 0 Å². The normalized spacial score (nSPS) is 11.9. The molecule has 0 aliphatic rings. The molecule has 0 radical (unpaired) electrons. The summed E-state index contributed by atoms with van der Waals surface area (Å²) in [6, 6.07) is -0.0596. The Morgan fingerprint density at radius 1 is 1.61 bits per heavy atom. The Kier molecular flexibility index (Phi) is 5.42. The third kappa shape index (κ3) is 3.91. The van der Waals surface area contributed by atoms with Gasteiger partial charge in [0.15, 0.2) is 0 Å². The van der Waals surface area contributed by atoms with Crippen molar-refractivity contribution in [3.05, 3.63) is 24.5 Å². The molecule has 0 spiro atoms. The van der Waals surface area contributed by atoms with Crippen molar-refractivity contribution in [1.82, 2.24) is 15.1 Å². The zero-order valence-electron chi connectivity index (χ0n) is 11.4. The van der Waals surface area contributed by atoms with Gasteiger partial charge in [-0.25, -0.2) is 4.79 Å². The van der Waals surface area contributed by atoms with Crippen LogP contribution in [0.5, 0.6) is 0 Å². The zero-order valence-corrected chi connectivity index (χ0v) is 11.4. The van der Waals surface area contributed by atoms with E-state index in [9.17, 15) is 4.79 Å². The minimum atomic E-state index is -0.189. The van der Waals surface area contributed by atoms with Crippen molar-refractivity contribution >= 4 is 11.7 Å². The number of hydrogen-bond donors (Lipinski definition) is 2. The second-order valence-electron chi connectivity index (χ2n) is 4.24. The fraction of sp³-hybridized carbons (Fsp3) is 0.538. The summed E-state index contributed by atoms with van der Waals surface area (Å²) in [5, 5.41) is 10.0. The lowest BCUT2D eigenvalue weighted by Crippen LogP contribution is -2.37. The summed E-state index contributed by atoms with van der Waals surface area (Å²) in [7, 11) is 1.84. The van der Waals surface area contributed by atoms with Crippen LogP contribution < -0.4 is 10.6 Å². The summed E-state index contributed by atoms with van der Waals surface area (Å²) in [5.41, 5.74) is 1.66. The first kappa shape index (κ1) is 14.3. The second-order valence-corrected chi connectivity index (χ2v) is 4.24. The Bertz CT molecular complexity index is 411. The molecule has 18 heavy (non-hydrogen) atoms. The van der Waals surface area contributed by atoms with Gasteiger partial charge in [-0.1, -0.05) is 19.9 Å². The highest BCUT2D eigenvalue weighted by Crippen LogP contribution is 2.13. The highest BCUT2D eigenvalue weighted by atomic mass is 16.2. The highest BCUT2D eigenvalue weighted by Gasteiger charge is 2.12. The third-order valence-corrected chi connectivity index (χ3v) is 2.77. The molecular formula is C13H22N4O. The van der Waals surface area contributed by atoms with Crippen molar-refractivity contribution in [2.75, 3.05) is 5.32 Å². The molecule has 0 saturated carbocycles. The van der Waals surface area contributed by atoms with Gasteiger partial charge in [-0.2, -0.15) is 5.10 Å². The topological polar surface area (TPSA) is 59.0 Å². The van der Waals surface area contributed by atoms with Gasteiger partial charge in [-0.15, -0.1) is 6.58 Å². The van der Waals surface area contributed by atoms with Gasteiger partial charge < -0.3 is 10.6 Å². The zero-order chi connectivity index (χ0) is 13.5. The minimum Gasteiger partial charge on any atom is -0.335 e. The molecule has 1 heterocycles. The van der Waals surface area contributed by atoms with Crippen molar-refractivity contribution in [2.24, 2.45) is 7.05 Å². The minimum absolute atomic E-state index is 0.129. The van der Waals surface area contributed by atoms with E-state index >= 15 is 0 Å². The molecule has 0 aliphatic heterocycles. The molecule has 2 amide bonds. The van der Waals surface area contributed by atoms with Gasteiger partial charge in [-0.3, -0.25) is 4.68 Å². The van der Waals surface area contributed by atoms with Crippen molar-refractivity contribution in [3.8, 4) is 0 Å². The second kappa shape index (κ2) is 6.83. The van der Waals surface area contributed by atoms with Crippen LogP contribution in [-0.2, 0) is 13.5 Å². The number of carbonyl (C=O) groups is 1. The number of nitrogens with zero attached hydrogens (tertiary/aromatic N) is 2. The Hall–Kier alpha value is -1.78. The molecule has 0 saturated heterocycles. The van der Waals surface area contributed by atoms with Crippen molar-refractivity contribution in [1.29, 1.82) is 0 Å². The lowest BCUT2D eigenvalue weighted by Gasteiger charge is -2.15. The number of nitrogens with one attached hydrogen (secondary N) is 2. The average Bonchev–Trinajstić information content (AvgIpc) is 2.68. The smallest absolute Gasteiger partial charge is 0.319 e. The summed E-state index contributed by atoms with van der Waals surface area (Å²) in [4.78, 5) is 11.8. The highest BCUT2D eigenvalue weighted by molar-refractivity contribution is 5.89. The summed E-state index contributed by atoms with van der Waals surface area (Å²) in [6.45, 7) is 7.73. The van der Waals surface area contributed by atoms with Gasteiger partial charge >= 0.3 is 6.03 Å². The molecule has 0 unspecified atom stereocenters. The number of aryl methyl sites for hydroxylation is 2. The van der Waals surface area contributed by atoms with E-state index in [1.807, 2.05) is 33.2 Å². The molecule has 1 aromatic heterocycles. The summed E-state index contributed by atoms with van der Waals surface area (Å²) in [5.74, 6) is 0. The Morgan fingerprint density at radius 3 is 2.89 bits per heavy atom. The Balaban J connectivity index is 2.60. The van der Waals surface area contributed by atoms with E-state index in [0.717, 1.165) is 30.6 Å². The number of aromatic nitrogens is 2. The van der Waals surface area contributed by atoms with Crippen molar-refractivity contribution < 1.29 is 4.79 Å². The quantitative estimate of drug-likeness (QED) is 0.762. The number of hydrogen-bond acceptors (Lipinski definition) is 2. The van der Waals surface area contributed by atoms with E-state index in [0.29, 0.717) is 0 Å². The summed E-state index contributed by atoms with van der Waals surface area (Å²) < 4.78 is 1.70. The maximum atomic E-state index is 11.8. The van der Waals surface area contributed by atoms with Gasteiger partial charge in [0.2, 0.25) is 0 Å². The van der Waals surface area contributed by atoms with E-state index in [-0.39, 0.29) is 12.1 Å². The van der Waals surface area contributed by atoms with Gasteiger partial charge in [0, 0.05) is 19.3 Å². The van der Waals surface area contributed by atoms with E-state index in [1.54, 1.807) is 4.68 Å². The average molecular weight is 250 g/mol. The molecule has 1 aromatic rings. The first-order valence-corrected chi connectivity index (χ1v) is 6.31. The van der Waals surface area contributed by atoms with Crippen LogP contribution >= 0.6 is 0 Å². The molecule has 5 heteroatoms. The van der Waals surface area contributed by atoms with Gasteiger partial charge in [0.1, 0.15) is 0 Å². The molecule has 0 fully saturated rings. The molecule has 5 nitrogen and oxygen atoms in total. The lowest BCUT2D eigenvalue weighted by molar-refractivity contribution is 0.248. The maximum Gasteiger partial charge on any atom is 0.319 e. The fourth-order valence-corrected chi connectivity index (χ4v) is 1.77. The molecule has 0 aromatic carbocycles. The van der Waals surface area contributed by atoms with Crippen molar-refractivity contribution in [2.45, 2.75) is 39.2 Å². The molecular weight excluding hydrogens is 228 g/mol. The van der Waals surface area contributed by atoms with Crippen LogP contribution in [0.25, 0.3) is 0 Å². The van der Waals surface area contributed by atoms with Crippen LogP contribution in [0.15, 0.2) is 18.9 Å². The monoisotopic (exact) mass is 250 g/mol. The van der Waals surface area contributed by atoms with Crippen LogP contribution in [0.3, 0.4) is 0 Å². The Labute approximate surface area is 108 Å². The van der Waals surface area contributed by atoms with Gasteiger partial charge in [0.05, 0.1) is 11.4 Å². The predicted molar refractivity (Wildman–Crippen MR) is 73.6 cm³/mol. The van der Waals surface area contributed by atoms with Crippen LogP contribution in [0, 0.1) is 0 Å². The Morgan fingerprint density at radius 2 is 2.33 bits per heavy atom. The number of anilines is 1.